The Balaban J connectivity index is 2.57. The van der Waals surface area contributed by atoms with E-state index in [0.717, 1.165) is 5.39 Å². The summed E-state index contributed by atoms with van der Waals surface area (Å²) in [5.74, 6) is 0.0263. The third-order valence-corrected chi connectivity index (χ3v) is 5.05. The zero-order valence-corrected chi connectivity index (χ0v) is 10.7. The van der Waals surface area contributed by atoms with Gasteiger partial charge in [0.05, 0.1) is 10.8 Å². The zero-order valence-electron chi connectivity index (χ0n) is 9.17. The second-order valence-corrected chi connectivity index (χ2v) is 6.29. The second-order valence-electron chi connectivity index (χ2n) is 3.72. The minimum absolute atomic E-state index is 0.0263. The monoisotopic (exact) mass is 270 g/mol. The Morgan fingerprint density at radius 1 is 1.35 bits per heavy atom. The minimum atomic E-state index is -3.53. The van der Waals surface area contributed by atoms with E-state index in [1.54, 1.807) is 19.1 Å². The molecule has 1 aromatic carbocycles. The summed E-state index contributed by atoms with van der Waals surface area (Å²) >= 11 is 5.57. The molecule has 0 amide bonds. The number of hydrogen-bond acceptors (Lipinski definition) is 4. The van der Waals surface area contributed by atoms with Gasteiger partial charge in [-0.05, 0) is 13.0 Å². The number of para-hydroxylation sites is 1. The number of benzene rings is 1. The van der Waals surface area contributed by atoms with Crippen LogP contribution in [0.4, 0.5) is 0 Å². The largest absolute Gasteiger partial charge is 0.247 e. The molecule has 1 atom stereocenters. The second kappa shape index (κ2) is 4.58. The van der Waals surface area contributed by atoms with Gasteiger partial charge in [-0.2, -0.15) is 0 Å². The number of alkyl halides is 1. The molecule has 0 saturated heterocycles. The first kappa shape index (κ1) is 12.3. The number of halogens is 1. The Morgan fingerprint density at radius 2 is 2.06 bits per heavy atom. The summed E-state index contributed by atoms with van der Waals surface area (Å²) in [7, 11) is -3.53. The van der Waals surface area contributed by atoms with Crippen molar-refractivity contribution in [1.82, 2.24) is 9.97 Å². The maximum atomic E-state index is 12.0. The lowest BCUT2D eigenvalue weighted by molar-refractivity contribution is 0.579. The number of fused-ring (bicyclic) bond motifs is 1. The minimum Gasteiger partial charge on any atom is -0.226 e. The van der Waals surface area contributed by atoms with E-state index in [-0.39, 0.29) is 11.0 Å². The lowest BCUT2D eigenvalue weighted by atomic mass is 10.2. The van der Waals surface area contributed by atoms with Crippen molar-refractivity contribution in [1.29, 1.82) is 0 Å². The van der Waals surface area contributed by atoms with E-state index in [1.807, 2.05) is 12.1 Å². The molecular weight excluding hydrogens is 260 g/mol. The summed E-state index contributed by atoms with van der Waals surface area (Å²) in [5.41, 5.74) is 0.614. The lowest BCUT2D eigenvalue weighted by Gasteiger charge is -2.08. The lowest BCUT2D eigenvalue weighted by Crippen LogP contribution is -2.21. The van der Waals surface area contributed by atoms with Crippen LogP contribution in [0.15, 0.2) is 35.6 Å². The first-order chi connectivity index (χ1) is 8.05. The molecule has 1 unspecified atom stereocenters. The smallest absolute Gasteiger partial charge is 0.226 e. The summed E-state index contributed by atoms with van der Waals surface area (Å²) in [6.07, 6.45) is 1.51. The summed E-state index contributed by atoms with van der Waals surface area (Å²) < 4.78 is 24.0. The fraction of sp³-hybridized carbons (Fsp3) is 0.273. The predicted octanol–water partition coefficient (Wildman–Crippen LogP) is 2.03. The third-order valence-electron chi connectivity index (χ3n) is 2.47. The fourth-order valence-electron chi connectivity index (χ4n) is 1.36. The molecule has 4 nitrogen and oxygen atoms in total. The molecule has 0 aliphatic carbocycles. The average Bonchev–Trinajstić information content (AvgIpc) is 2.37. The predicted molar refractivity (Wildman–Crippen MR) is 66.9 cm³/mol. The molecule has 0 N–H and O–H groups in total. The molecule has 1 heterocycles. The first-order valence-corrected chi connectivity index (χ1v) is 7.15. The Labute approximate surface area is 105 Å². The molecule has 0 bridgehead atoms. The number of sulfone groups is 1. The van der Waals surface area contributed by atoms with E-state index in [2.05, 4.69) is 9.97 Å². The van der Waals surface area contributed by atoms with E-state index in [4.69, 9.17) is 11.6 Å². The van der Waals surface area contributed by atoms with Crippen LogP contribution >= 0.6 is 11.6 Å². The molecule has 0 fully saturated rings. The van der Waals surface area contributed by atoms with Gasteiger partial charge in [0, 0.05) is 17.5 Å². The van der Waals surface area contributed by atoms with Gasteiger partial charge in [0.2, 0.25) is 15.0 Å². The van der Waals surface area contributed by atoms with Crippen molar-refractivity contribution in [3.05, 3.63) is 30.5 Å². The van der Waals surface area contributed by atoms with Crippen molar-refractivity contribution in [2.24, 2.45) is 0 Å². The van der Waals surface area contributed by atoms with Crippen LogP contribution in [0.2, 0.25) is 0 Å². The average molecular weight is 271 g/mol. The Bertz CT molecular complexity index is 643. The standard InChI is InChI=1S/C11H11ClN2O2S/c1-8(6-12)17(15,16)11-13-7-9-4-2-3-5-10(9)14-11/h2-5,7-8H,6H2,1H3. The van der Waals surface area contributed by atoms with Gasteiger partial charge >= 0.3 is 0 Å². The van der Waals surface area contributed by atoms with Crippen molar-refractivity contribution in [3.8, 4) is 0 Å². The highest BCUT2D eigenvalue weighted by Gasteiger charge is 2.25. The van der Waals surface area contributed by atoms with Gasteiger partial charge < -0.3 is 0 Å². The van der Waals surface area contributed by atoms with Crippen molar-refractivity contribution < 1.29 is 8.42 Å². The molecule has 0 radical (unpaired) electrons. The molecular formula is C11H11ClN2O2S. The van der Waals surface area contributed by atoms with Crippen LogP contribution in [-0.2, 0) is 9.84 Å². The molecule has 2 rings (SSSR count). The number of hydrogen-bond donors (Lipinski definition) is 0. The van der Waals surface area contributed by atoms with Crippen LogP contribution in [0, 0.1) is 0 Å². The maximum Gasteiger partial charge on any atom is 0.247 e. The van der Waals surface area contributed by atoms with E-state index in [0.29, 0.717) is 5.52 Å². The number of rotatable bonds is 3. The molecule has 0 spiro atoms. The molecule has 2 aromatic rings. The summed E-state index contributed by atoms with van der Waals surface area (Å²) in [5, 5.41) is -0.0420. The van der Waals surface area contributed by atoms with Gasteiger partial charge in [0.25, 0.3) is 0 Å². The van der Waals surface area contributed by atoms with E-state index >= 15 is 0 Å². The van der Waals surface area contributed by atoms with Crippen molar-refractivity contribution in [2.45, 2.75) is 17.3 Å². The van der Waals surface area contributed by atoms with Crippen molar-refractivity contribution >= 4 is 32.3 Å². The van der Waals surface area contributed by atoms with Crippen molar-refractivity contribution in [3.63, 3.8) is 0 Å². The van der Waals surface area contributed by atoms with Crippen LogP contribution in [0.25, 0.3) is 10.9 Å². The van der Waals surface area contributed by atoms with Gasteiger partial charge in [-0.15, -0.1) is 11.6 Å². The molecule has 0 aliphatic rings. The maximum absolute atomic E-state index is 12.0. The first-order valence-electron chi connectivity index (χ1n) is 5.07. The Morgan fingerprint density at radius 3 is 2.76 bits per heavy atom. The highest BCUT2D eigenvalue weighted by Crippen LogP contribution is 2.16. The summed E-state index contributed by atoms with van der Waals surface area (Å²) in [6, 6.07) is 7.23. The van der Waals surface area contributed by atoms with Gasteiger partial charge in [-0.1, -0.05) is 18.2 Å². The SMILES string of the molecule is CC(CCl)S(=O)(=O)c1ncc2ccccc2n1. The van der Waals surface area contributed by atoms with E-state index < -0.39 is 15.1 Å². The van der Waals surface area contributed by atoms with Crippen LogP contribution in [0.1, 0.15) is 6.92 Å². The van der Waals surface area contributed by atoms with Gasteiger partial charge in [-0.3, -0.25) is 0 Å². The zero-order chi connectivity index (χ0) is 12.5. The quantitative estimate of drug-likeness (QED) is 0.632. The Kier molecular flexibility index (Phi) is 3.31. The van der Waals surface area contributed by atoms with Gasteiger partial charge in [0.15, 0.2) is 0 Å². The van der Waals surface area contributed by atoms with Crippen LogP contribution in [0.3, 0.4) is 0 Å². The highest BCUT2D eigenvalue weighted by molar-refractivity contribution is 7.91. The van der Waals surface area contributed by atoms with Gasteiger partial charge in [-0.25, -0.2) is 18.4 Å². The third kappa shape index (κ3) is 2.25. The van der Waals surface area contributed by atoms with Crippen molar-refractivity contribution in [2.75, 3.05) is 5.88 Å². The summed E-state index contributed by atoms with van der Waals surface area (Å²) in [4.78, 5) is 7.95. The highest BCUT2D eigenvalue weighted by atomic mass is 35.5. The molecule has 1 aromatic heterocycles. The molecule has 0 aliphatic heterocycles. The molecule has 90 valence electrons. The molecule has 0 saturated carbocycles. The fourth-order valence-corrected chi connectivity index (χ4v) is 2.80. The number of aromatic nitrogens is 2. The van der Waals surface area contributed by atoms with Crippen LogP contribution in [-0.4, -0.2) is 29.5 Å². The van der Waals surface area contributed by atoms with Gasteiger partial charge in [0.1, 0.15) is 0 Å². The van der Waals surface area contributed by atoms with Crippen LogP contribution < -0.4 is 0 Å². The Hall–Kier alpha value is -1.20. The normalized spacial score (nSPS) is 13.8. The van der Waals surface area contributed by atoms with E-state index in [9.17, 15) is 8.42 Å². The summed E-state index contributed by atoms with van der Waals surface area (Å²) in [6.45, 7) is 1.54. The molecule has 6 heteroatoms. The van der Waals surface area contributed by atoms with E-state index in [1.165, 1.54) is 6.20 Å². The molecule has 17 heavy (non-hydrogen) atoms. The number of nitrogens with zero attached hydrogens (tertiary/aromatic N) is 2. The topological polar surface area (TPSA) is 59.9 Å². The van der Waals surface area contributed by atoms with Crippen LogP contribution in [0.5, 0.6) is 0 Å².